The van der Waals surface area contributed by atoms with Gasteiger partial charge in [-0.3, -0.25) is 0 Å². The van der Waals surface area contributed by atoms with E-state index in [-0.39, 0.29) is 28.6 Å². The van der Waals surface area contributed by atoms with Crippen LogP contribution in [0.4, 0.5) is 19.0 Å². The van der Waals surface area contributed by atoms with Gasteiger partial charge in [-0.15, -0.1) is 0 Å². The SMILES string of the molecule is N#Cc1c(C2CCOC2)cc(-c2cc(F)c(F)c(F)c2)nc1N. The number of rotatable bonds is 2. The number of benzene rings is 1. The Morgan fingerprint density at radius 1 is 1.22 bits per heavy atom. The number of halogens is 3. The summed E-state index contributed by atoms with van der Waals surface area (Å²) in [6.45, 7) is 0.997. The van der Waals surface area contributed by atoms with Gasteiger partial charge in [0.2, 0.25) is 0 Å². The lowest BCUT2D eigenvalue weighted by atomic mass is 9.93. The molecule has 2 N–H and O–H groups in total. The molecule has 0 radical (unpaired) electrons. The van der Waals surface area contributed by atoms with Gasteiger partial charge in [0.25, 0.3) is 0 Å². The van der Waals surface area contributed by atoms with Crippen molar-refractivity contribution in [2.24, 2.45) is 0 Å². The van der Waals surface area contributed by atoms with E-state index in [1.807, 2.05) is 6.07 Å². The maximum Gasteiger partial charge on any atom is 0.194 e. The second-order valence-corrected chi connectivity index (χ2v) is 5.28. The van der Waals surface area contributed by atoms with E-state index in [0.29, 0.717) is 25.2 Å². The molecule has 0 bridgehead atoms. The Kier molecular flexibility index (Phi) is 3.92. The lowest BCUT2D eigenvalue weighted by molar-refractivity contribution is 0.194. The average Bonchev–Trinajstić information content (AvgIpc) is 3.05. The van der Waals surface area contributed by atoms with E-state index in [4.69, 9.17) is 10.5 Å². The van der Waals surface area contributed by atoms with Crippen LogP contribution < -0.4 is 5.73 Å². The molecule has 0 aliphatic carbocycles. The molecule has 0 spiro atoms. The van der Waals surface area contributed by atoms with Crippen LogP contribution in [-0.4, -0.2) is 18.2 Å². The van der Waals surface area contributed by atoms with Gasteiger partial charge in [-0.1, -0.05) is 0 Å². The summed E-state index contributed by atoms with van der Waals surface area (Å²) in [5.74, 6) is -4.23. The lowest BCUT2D eigenvalue weighted by Gasteiger charge is -2.14. The summed E-state index contributed by atoms with van der Waals surface area (Å²) in [7, 11) is 0. The summed E-state index contributed by atoms with van der Waals surface area (Å²) in [6, 6.07) is 5.25. The molecular weight excluding hydrogens is 307 g/mol. The minimum absolute atomic E-state index is 0.0305. The Labute approximate surface area is 130 Å². The Bertz CT molecular complexity index is 788. The topological polar surface area (TPSA) is 71.9 Å². The number of nitrogens with two attached hydrogens (primary N) is 1. The van der Waals surface area contributed by atoms with Crippen molar-refractivity contribution in [2.45, 2.75) is 12.3 Å². The molecule has 7 heteroatoms. The zero-order valence-corrected chi connectivity index (χ0v) is 11.9. The van der Waals surface area contributed by atoms with Gasteiger partial charge in [-0.2, -0.15) is 5.26 Å². The predicted molar refractivity (Wildman–Crippen MR) is 76.9 cm³/mol. The van der Waals surface area contributed by atoms with Crippen LogP contribution in [0.3, 0.4) is 0 Å². The van der Waals surface area contributed by atoms with Crippen LogP contribution in [0.25, 0.3) is 11.3 Å². The molecule has 2 heterocycles. The summed E-state index contributed by atoms with van der Waals surface area (Å²) in [6.07, 6.45) is 0.712. The van der Waals surface area contributed by atoms with Crippen LogP contribution >= 0.6 is 0 Å². The van der Waals surface area contributed by atoms with Gasteiger partial charge in [0.1, 0.15) is 11.9 Å². The van der Waals surface area contributed by atoms with E-state index >= 15 is 0 Å². The van der Waals surface area contributed by atoms with Gasteiger partial charge in [-0.25, -0.2) is 18.2 Å². The van der Waals surface area contributed by atoms with Gasteiger partial charge < -0.3 is 10.5 Å². The highest BCUT2D eigenvalue weighted by Gasteiger charge is 2.24. The second-order valence-electron chi connectivity index (χ2n) is 5.28. The van der Waals surface area contributed by atoms with Crippen molar-refractivity contribution in [3.8, 4) is 17.3 Å². The van der Waals surface area contributed by atoms with Gasteiger partial charge in [-0.05, 0) is 30.2 Å². The first kappa shape index (κ1) is 15.3. The highest BCUT2D eigenvalue weighted by atomic mass is 19.2. The third-order valence-corrected chi connectivity index (χ3v) is 3.84. The van der Waals surface area contributed by atoms with Crippen molar-refractivity contribution in [1.82, 2.24) is 4.98 Å². The molecule has 1 saturated heterocycles. The number of pyridine rings is 1. The number of nitrogen functional groups attached to an aromatic ring is 1. The average molecular weight is 319 g/mol. The highest BCUT2D eigenvalue weighted by Crippen LogP contribution is 2.33. The third kappa shape index (κ3) is 2.73. The molecule has 0 amide bonds. The minimum Gasteiger partial charge on any atom is -0.383 e. The van der Waals surface area contributed by atoms with E-state index in [9.17, 15) is 18.4 Å². The van der Waals surface area contributed by atoms with E-state index in [0.717, 1.165) is 12.1 Å². The monoisotopic (exact) mass is 319 g/mol. The highest BCUT2D eigenvalue weighted by molar-refractivity contribution is 5.67. The molecule has 3 rings (SSSR count). The van der Waals surface area contributed by atoms with Crippen LogP contribution in [0.2, 0.25) is 0 Å². The molecule has 2 aromatic rings. The normalized spacial score (nSPS) is 17.2. The fourth-order valence-electron chi connectivity index (χ4n) is 2.66. The van der Waals surface area contributed by atoms with E-state index in [2.05, 4.69) is 4.98 Å². The summed E-state index contributed by atoms with van der Waals surface area (Å²) in [4.78, 5) is 4.02. The van der Waals surface area contributed by atoms with E-state index < -0.39 is 17.5 Å². The molecule has 1 aliphatic heterocycles. The number of hydrogen-bond donors (Lipinski definition) is 1. The predicted octanol–water partition coefficient (Wildman–Crippen LogP) is 3.12. The van der Waals surface area contributed by atoms with Crippen molar-refractivity contribution in [1.29, 1.82) is 5.26 Å². The van der Waals surface area contributed by atoms with Crippen LogP contribution in [0.1, 0.15) is 23.5 Å². The van der Waals surface area contributed by atoms with Crippen LogP contribution in [0, 0.1) is 28.8 Å². The summed E-state index contributed by atoms with van der Waals surface area (Å²) in [5, 5.41) is 9.27. The van der Waals surface area contributed by atoms with Crippen LogP contribution in [-0.2, 0) is 4.74 Å². The van der Waals surface area contributed by atoms with Crippen molar-refractivity contribution >= 4 is 5.82 Å². The zero-order chi connectivity index (χ0) is 16.6. The Balaban J connectivity index is 2.16. The fourth-order valence-corrected chi connectivity index (χ4v) is 2.66. The zero-order valence-electron chi connectivity index (χ0n) is 11.9. The Hall–Kier alpha value is -2.59. The number of nitriles is 1. The lowest BCUT2D eigenvalue weighted by Crippen LogP contribution is -2.07. The maximum atomic E-state index is 13.4. The van der Waals surface area contributed by atoms with Crippen LogP contribution in [0.15, 0.2) is 18.2 Å². The number of hydrogen-bond acceptors (Lipinski definition) is 4. The number of ether oxygens (including phenoxy) is 1. The fraction of sp³-hybridized carbons (Fsp3) is 0.250. The largest absolute Gasteiger partial charge is 0.383 e. The molecule has 1 aromatic carbocycles. The number of nitrogens with zero attached hydrogens (tertiary/aromatic N) is 2. The van der Waals surface area contributed by atoms with Crippen molar-refractivity contribution in [3.63, 3.8) is 0 Å². The van der Waals surface area contributed by atoms with Crippen molar-refractivity contribution < 1.29 is 17.9 Å². The Morgan fingerprint density at radius 2 is 1.91 bits per heavy atom. The number of anilines is 1. The summed E-state index contributed by atoms with van der Waals surface area (Å²) in [5.41, 5.74) is 6.89. The van der Waals surface area contributed by atoms with Crippen molar-refractivity contribution in [2.75, 3.05) is 18.9 Å². The van der Waals surface area contributed by atoms with Crippen LogP contribution in [0.5, 0.6) is 0 Å². The minimum atomic E-state index is -1.54. The molecule has 1 atom stereocenters. The molecule has 1 aliphatic rings. The molecule has 0 saturated carbocycles. The molecule has 118 valence electrons. The first-order chi connectivity index (χ1) is 11.0. The molecule has 1 aromatic heterocycles. The summed E-state index contributed by atoms with van der Waals surface area (Å²) >= 11 is 0. The van der Waals surface area contributed by atoms with E-state index in [1.165, 1.54) is 0 Å². The summed E-state index contributed by atoms with van der Waals surface area (Å²) < 4.78 is 45.3. The maximum absolute atomic E-state index is 13.4. The molecule has 1 fully saturated rings. The van der Waals surface area contributed by atoms with E-state index in [1.54, 1.807) is 6.07 Å². The van der Waals surface area contributed by atoms with Crippen molar-refractivity contribution in [3.05, 3.63) is 46.8 Å². The smallest absolute Gasteiger partial charge is 0.194 e. The third-order valence-electron chi connectivity index (χ3n) is 3.84. The van der Waals surface area contributed by atoms with Gasteiger partial charge in [0.05, 0.1) is 17.9 Å². The quantitative estimate of drug-likeness (QED) is 0.863. The first-order valence-corrected chi connectivity index (χ1v) is 6.94. The first-order valence-electron chi connectivity index (χ1n) is 6.94. The van der Waals surface area contributed by atoms with Gasteiger partial charge in [0.15, 0.2) is 17.5 Å². The standard InChI is InChI=1S/C16H12F3N3O/c17-12-3-9(4-13(18)15(12)19)14-5-10(8-1-2-23-7-8)11(6-20)16(21)22-14/h3-5,8H,1-2,7H2,(H2,21,22). The van der Waals surface area contributed by atoms with Gasteiger partial charge >= 0.3 is 0 Å². The number of aromatic nitrogens is 1. The Morgan fingerprint density at radius 3 is 2.48 bits per heavy atom. The molecule has 1 unspecified atom stereocenters. The molecular formula is C16H12F3N3O. The molecule has 4 nitrogen and oxygen atoms in total. The molecule has 23 heavy (non-hydrogen) atoms. The second kappa shape index (κ2) is 5.89. The van der Waals surface area contributed by atoms with Gasteiger partial charge in [0, 0.05) is 18.1 Å².